The van der Waals surface area contributed by atoms with Gasteiger partial charge < -0.3 is 24.4 Å². The summed E-state index contributed by atoms with van der Waals surface area (Å²) in [5, 5.41) is 13.1. The molecule has 35 heavy (non-hydrogen) atoms. The lowest BCUT2D eigenvalue weighted by atomic mass is 9.95. The van der Waals surface area contributed by atoms with E-state index in [0.717, 1.165) is 50.4 Å². The number of nitrogens with one attached hydrogen (secondary N) is 1. The third-order valence-electron chi connectivity index (χ3n) is 6.41. The van der Waals surface area contributed by atoms with Crippen molar-refractivity contribution < 1.29 is 29.1 Å². The van der Waals surface area contributed by atoms with E-state index in [1.807, 2.05) is 61.5 Å². The molecule has 2 heterocycles. The SMILES string of the molecule is CCOc1ccc(C2C(C(=O)/C=C/c3ccccc3)=C([O-])C(=O)N2CCC[NH+]2CCOCC2)cc1. The molecule has 1 N–H and O–H groups in total. The van der Waals surface area contributed by atoms with Crippen molar-refractivity contribution in [2.24, 2.45) is 0 Å². The minimum absolute atomic E-state index is 0.00469. The monoisotopic (exact) mass is 476 g/mol. The average molecular weight is 477 g/mol. The molecule has 7 nitrogen and oxygen atoms in total. The highest BCUT2D eigenvalue weighted by molar-refractivity contribution is 6.14. The largest absolute Gasteiger partial charge is 0.868 e. The first-order chi connectivity index (χ1) is 17.1. The van der Waals surface area contributed by atoms with E-state index in [1.165, 1.54) is 11.0 Å². The van der Waals surface area contributed by atoms with Gasteiger partial charge in [0.2, 0.25) is 5.91 Å². The van der Waals surface area contributed by atoms with E-state index in [-0.39, 0.29) is 5.57 Å². The Labute approximate surface area is 206 Å². The Morgan fingerprint density at radius 3 is 2.54 bits per heavy atom. The van der Waals surface area contributed by atoms with E-state index in [9.17, 15) is 14.7 Å². The van der Waals surface area contributed by atoms with Crippen LogP contribution in [0.4, 0.5) is 0 Å². The fourth-order valence-corrected chi connectivity index (χ4v) is 4.62. The molecule has 0 bridgehead atoms. The Kier molecular flexibility index (Phi) is 8.34. The van der Waals surface area contributed by atoms with Gasteiger partial charge in [0, 0.05) is 18.5 Å². The molecule has 0 spiro atoms. The smallest absolute Gasteiger partial charge is 0.239 e. The van der Waals surface area contributed by atoms with Crippen LogP contribution in [0.3, 0.4) is 0 Å². The summed E-state index contributed by atoms with van der Waals surface area (Å²) >= 11 is 0. The van der Waals surface area contributed by atoms with Crippen LogP contribution >= 0.6 is 0 Å². The Morgan fingerprint density at radius 1 is 1.14 bits per heavy atom. The van der Waals surface area contributed by atoms with Gasteiger partial charge in [-0.2, -0.15) is 0 Å². The van der Waals surface area contributed by atoms with Crippen LogP contribution in [0.5, 0.6) is 5.75 Å². The summed E-state index contributed by atoms with van der Waals surface area (Å²) in [4.78, 5) is 29.3. The van der Waals surface area contributed by atoms with Crippen LogP contribution in [0.2, 0.25) is 0 Å². The number of carbonyl (C=O) groups is 2. The van der Waals surface area contributed by atoms with Gasteiger partial charge in [0.1, 0.15) is 18.8 Å². The number of benzene rings is 2. The van der Waals surface area contributed by atoms with E-state index < -0.39 is 23.5 Å². The first-order valence-corrected chi connectivity index (χ1v) is 12.2. The van der Waals surface area contributed by atoms with Crippen molar-refractivity contribution >= 4 is 17.8 Å². The molecule has 7 heteroatoms. The first-order valence-electron chi connectivity index (χ1n) is 12.2. The van der Waals surface area contributed by atoms with E-state index >= 15 is 0 Å². The number of hydrogen-bond donors (Lipinski definition) is 1. The second-order valence-corrected chi connectivity index (χ2v) is 8.72. The lowest BCUT2D eigenvalue weighted by Gasteiger charge is -2.29. The van der Waals surface area contributed by atoms with Gasteiger partial charge in [-0.3, -0.25) is 9.59 Å². The molecule has 2 aliphatic heterocycles. The molecule has 2 aromatic carbocycles. The molecule has 0 aromatic heterocycles. The van der Waals surface area contributed by atoms with Crippen LogP contribution in [0.15, 0.2) is 72.0 Å². The molecule has 1 unspecified atom stereocenters. The van der Waals surface area contributed by atoms with E-state index in [1.54, 1.807) is 11.0 Å². The fourth-order valence-electron chi connectivity index (χ4n) is 4.62. The van der Waals surface area contributed by atoms with E-state index in [4.69, 9.17) is 9.47 Å². The number of allylic oxidation sites excluding steroid dienone is 1. The number of nitrogens with zero attached hydrogens (tertiary/aromatic N) is 1. The highest BCUT2D eigenvalue weighted by Gasteiger charge is 2.38. The highest BCUT2D eigenvalue weighted by atomic mass is 16.5. The van der Waals surface area contributed by atoms with Gasteiger partial charge in [-0.1, -0.05) is 48.5 Å². The second kappa shape index (κ2) is 11.8. The van der Waals surface area contributed by atoms with Gasteiger partial charge in [0.25, 0.3) is 0 Å². The minimum Gasteiger partial charge on any atom is -0.868 e. The van der Waals surface area contributed by atoms with E-state index in [0.29, 0.717) is 18.9 Å². The zero-order chi connectivity index (χ0) is 24.6. The Bertz CT molecular complexity index is 1070. The molecule has 2 aromatic rings. The number of quaternary nitrogens is 1. The van der Waals surface area contributed by atoms with Crippen LogP contribution in [-0.4, -0.2) is 62.6 Å². The number of amides is 1. The molecular weight excluding hydrogens is 444 g/mol. The number of ketones is 1. The molecule has 184 valence electrons. The molecule has 0 radical (unpaired) electrons. The van der Waals surface area contributed by atoms with Crippen molar-refractivity contribution in [2.45, 2.75) is 19.4 Å². The maximum Gasteiger partial charge on any atom is 0.239 e. The number of ether oxygens (including phenoxy) is 2. The maximum atomic E-state index is 13.2. The zero-order valence-corrected chi connectivity index (χ0v) is 20.1. The lowest BCUT2D eigenvalue weighted by Crippen LogP contribution is -3.14. The van der Waals surface area contributed by atoms with Crippen molar-refractivity contribution in [1.82, 2.24) is 4.90 Å². The maximum absolute atomic E-state index is 13.2. The van der Waals surface area contributed by atoms with E-state index in [2.05, 4.69) is 0 Å². The minimum atomic E-state index is -0.717. The molecule has 1 fully saturated rings. The third-order valence-corrected chi connectivity index (χ3v) is 6.41. The summed E-state index contributed by atoms with van der Waals surface area (Å²) in [5.74, 6) is -1.07. The molecule has 0 aliphatic carbocycles. The molecule has 1 amide bonds. The van der Waals surface area contributed by atoms with Crippen molar-refractivity contribution in [1.29, 1.82) is 0 Å². The molecule has 1 atom stereocenters. The average Bonchev–Trinajstić information content (AvgIpc) is 3.14. The zero-order valence-electron chi connectivity index (χ0n) is 20.1. The standard InChI is InChI=1S/C28H32N2O5/c1-2-35-23-12-10-22(11-13-23)26-25(24(31)14-9-21-7-4-3-5-8-21)27(32)28(33)30(26)16-6-15-29-17-19-34-20-18-29/h3-5,7-14,26,32H,2,6,15-20H2,1H3/b14-9+. The fraction of sp³-hybridized carbons (Fsp3) is 0.357. The topological polar surface area (TPSA) is 83.3 Å². The second-order valence-electron chi connectivity index (χ2n) is 8.72. The molecule has 4 rings (SSSR count). The summed E-state index contributed by atoms with van der Waals surface area (Å²) in [6, 6.07) is 16.0. The van der Waals surface area contributed by atoms with Crippen molar-refractivity contribution in [3.05, 3.63) is 83.1 Å². The summed E-state index contributed by atoms with van der Waals surface area (Å²) in [6.07, 6.45) is 3.80. The lowest BCUT2D eigenvalue weighted by molar-refractivity contribution is -0.908. The first kappa shape index (κ1) is 24.7. The Hall–Kier alpha value is -3.42. The predicted octanol–water partition coefficient (Wildman–Crippen LogP) is 1.17. The normalized spacial score (nSPS) is 19.1. The van der Waals surface area contributed by atoms with Gasteiger partial charge in [0.05, 0.1) is 32.4 Å². The van der Waals surface area contributed by atoms with Crippen LogP contribution in [0, 0.1) is 0 Å². The number of rotatable bonds is 10. The van der Waals surface area contributed by atoms with Crippen LogP contribution in [0.25, 0.3) is 6.08 Å². The number of hydrogen-bond acceptors (Lipinski definition) is 5. The molecular formula is C28H32N2O5. The Balaban J connectivity index is 1.57. The number of carbonyl (C=O) groups excluding carboxylic acids is 2. The molecule has 2 aliphatic rings. The van der Waals surface area contributed by atoms with Gasteiger partial charge in [-0.05, 0) is 42.0 Å². The Morgan fingerprint density at radius 2 is 1.86 bits per heavy atom. The summed E-state index contributed by atoms with van der Waals surface area (Å²) < 4.78 is 11.0. The summed E-state index contributed by atoms with van der Waals surface area (Å²) in [5.41, 5.74) is 1.58. The summed E-state index contributed by atoms with van der Waals surface area (Å²) in [7, 11) is 0. The highest BCUT2D eigenvalue weighted by Crippen LogP contribution is 2.37. The van der Waals surface area contributed by atoms with Gasteiger partial charge in [-0.25, -0.2) is 0 Å². The number of morpholine rings is 1. The summed E-state index contributed by atoms with van der Waals surface area (Å²) in [6.45, 7) is 7.10. The van der Waals surface area contributed by atoms with Crippen molar-refractivity contribution in [2.75, 3.05) is 46.0 Å². The van der Waals surface area contributed by atoms with Crippen LogP contribution in [-0.2, 0) is 14.3 Å². The molecule has 1 saturated heterocycles. The van der Waals surface area contributed by atoms with Gasteiger partial charge in [-0.15, -0.1) is 0 Å². The van der Waals surface area contributed by atoms with Crippen molar-refractivity contribution in [3.8, 4) is 5.75 Å². The van der Waals surface area contributed by atoms with Gasteiger partial charge in [0.15, 0.2) is 5.78 Å². The van der Waals surface area contributed by atoms with Gasteiger partial charge >= 0.3 is 0 Å². The predicted molar refractivity (Wildman–Crippen MR) is 131 cm³/mol. The third kappa shape index (κ3) is 5.99. The quantitative estimate of drug-likeness (QED) is 0.521. The van der Waals surface area contributed by atoms with Crippen LogP contribution < -0.4 is 14.7 Å². The van der Waals surface area contributed by atoms with Crippen molar-refractivity contribution in [3.63, 3.8) is 0 Å². The molecule has 0 saturated carbocycles. The van der Waals surface area contributed by atoms with Crippen LogP contribution in [0.1, 0.15) is 30.5 Å².